The van der Waals surface area contributed by atoms with E-state index in [9.17, 15) is 0 Å². The van der Waals surface area contributed by atoms with Crippen molar-refractivity contribution < 1.29 is 0 Å². The second-order valence-electron chi connectivity index (χ2n) is 4.77. The van der Waals surface area contributed by atoms with Crippen LogP contribution < -0.4 is 5.32 Å². The van der Waals surface area contributed by atoms with E-state index in [0.29, 0.717) is 0 Å². The molecule has 0 radical (unpaired) electrons. The zero-order valence-corrected chi connectivity index (χ0v) is 12.0. The monoisotopic (exact) mass is 272 g/mol. The molecule has 1 fully saturated rings. The Balaban J connectivity index is 1.83. The van der Waals surface area contributed by atoms with Crippen molar-refractivity contribution in [2.45, 2.75) is 26.3 Å². The fraction of sp³-hybridized carbons (Fsp3) is 0.692. The molecule has 2 rings (SSSR count). The second-order valence-corrected chi connectivity index (χ2v) is 6.20. The molecular formula is C13H21ClN2S. The lowest BCUT2D eigenvalue weighted by atomic mass is 9.99. The number of rotatable bonds is 5. The molecule has 1 aromatic heterocycles. The van der Waals surface area contributed by atoms with Crippen LogP contribution in [0.4, 0.5) is 0 Å². The van der Waals surface area contributed by atoms with E-state index in [-0.39, 0.29) is 0 Å². The quantitative estimate of drug-likeness (QED) is 0.885. The van der Waals surface area contributed by atoms with Gasteiger partial charge in [-0.05, 0) is 44.5 Å². The number of hydrogen-bond donors (Lipinski definition) is 1. The van der Waals surface area contributed by atoms with Crippen molar-refractivity contribution in [3.8, 4) is 0 Å². The molecule has 1 aliphatic heterocycles. The zero-order valence-electron chi connectivity index (χ0n) is 10.4. The van der Waals surface area contributed by atoms with Gasteiger partial charge in [0.1, 0.15) is 0 Å². The number of halogens is 1. The van der Waals surface area contributed by atoms with Crippen molar-refractivity contribution in [3.63, 3.8) is 0 Å². The Morgan fingerprint density at radius 2 is 2.47 bits per heavy atom. The minimum Gasteiger partial charge on any atom is -0.316 e. The topological polar surface area (TPSA) is 15.3 Å². The molecule has 0 aliphatic carbocycles. The molecular weight excluding hydrogens is 252 g/mol. The second kappa shape index (κ2) is 6.74. The lowest BCUT2D eigenvalue weighted by molar-refractivity contribution is 0.211. The molecule has 17 heavy (non-hydrogen) atoms. The van der Waals surface area contributed by atoms with Gasteiger partial charge in [-0.3, -0.25) is 4.90 Å². The van der Waals surface area contributed by atoms with Gasteiger partial charge in [0, 0.05) is 23.3 Å². The third-order valence-corrected chi connectivity index (χ3v) is 4.63. The van der Waals surface area contributed by atoms with Crippen LogP contribution >= 0.6 is 22.9 Å². The third-order valence-electron chi connectivity index (χ3n) is 3.36. The Kier molecular flexibility index (Phi) is 5.29. The SMILES string of the molecule is CCN(Cc1cc(Cl)cs1)CC1CCCNC1. The van der Waals surface area contributed by atoms with Crippen LogP contribution in [0.2, 0.25) is 5.02 Å². The highest BCUT2D eigenvalue weighted by atomic mass is 35.5. The molecule has 1 aliphatic rings. The Morgan fingerprint density at radius 3 is 3.06 bits per heavy atom. The first-order valence-corrected chi connectivity index (χ1v) is 7.69. The molecule has 1 atom stereocenters. The number of hydrogen-bond acceptors (Lipinski definition) is 3. The Labute approximate surface area is 113 Å². The molecule has 4 heteroatoms. The van der Waals surface area contributed by atoms with Crippen molar-refractivity contribution >= 4 is 22.9 Å². The summed E-state index contributed by atoms with van der Waals surface area (Å²) >= 11 is 7.73. The summed E-state index contributed by atoms with van der Waals surface area (Å²) < 4.78 is 0. The number of thiophene rings is 1. The smallest absolute Gasteiger partial charge is 0.0516 e. The van der Waals surface area contributed by atoms with Gasteiger partial charge in [0.15, 0.2) is 0 Å². The molecule has 1 aromatic rings. The van der Waals surface area contributed by atoms with Crippen LogP contribution in [0.25, 0.3) is 0 Å². The summed E-state index contributed by atoms with van der Waals surface area (Å²) in [6.45, 7) is 7.99. The van der Waals surface area contributed by atoms with Crippen LogP contribution in [0.1, 0.15) is 24.6 Å². The molecule has 96 valence electrons. The summed E-state index contributed by atoms with van der Waals surface area (Å²) in [6, 6.07) is 2.09. The molecule has 2 heterocycles. The first-order chi connectivity index (χ1) is 8.28. The first kappa shape index (κ1) is 13.3. The molecule has 0 amide bonds. The van der Waals surface area contributed by atoms with Crippen molar-refractivity contribution in [2.75, 3.05) is 26.2 Å². The van der Waals surface area contributed by atoms with E-state index in [1.54, 1.807) is 11.3 Å². The molecule has 0 spiro atoms. The lowest BCUT2D eigenvalue weighted by Crippen LogP contribution is -2.37. The van der Waals surface area contributed by atoms with Gasteiger partial charge in [0.05, 0.1) is 5.02 Å². The van der Waals surface area contributed by atoms with E-state index >= 15 is 0 Å². The number of nitrogens with one attached hydrogen (secondary N) is 1. The van der Waals surface area contributed by atoms with E-state index in [1.165, 1.54) is 37.4 Å². The van der Waals surface area contributed by atoms with Crippen LogP contribution in [0.5, 0.6) is 0 Å². The molecule has 1 N–H and O–H groups in total. The molecule has 0 aromatic carbocycles. The van der Waals surface area contributed by atoms with Crippen molar-refractivity contribution in [3.05, 3.63) is 21.3 Å². The maximum absolute atomic E-state index is 5.96. The summed E-state index contributed by atoms with van der Waals surface area (Å²) in [7, 11) is 0. The van der Waals surface area contributed by atoms with Gasteiger partial charge in [0.2, 0.25) is 0 Å². The van der Waals surface area contributed by atoms with Crippen LogP contribution in [-0.4, -0.2) is 31.1 Å². The standard InChI is InChI=1S/C13H21ClN2S/c1-2-16(8-11-4-3-5-15-7-11)9-13-6-12(14)10-17-13/h6,10-11,15H,2-5,7-9H2,1H3. The predicted molar refractivity (Wildman–Crippen MR) is 75.9 cm³/mol. The number of nitrogens with zero attached hydrogens (tertiary/aromatic N) is 1. The van der Waals surface area contributed by atoms with Gasteiger partial charge < -0.3 is 5.32 Å². The molecule has 0 saturated carbocycles. The average molecular weight is 273 g/mol. The van der Waals surface area contributed by atoms with E-state index in [4.69, 9.17) is 11.6 Å². The highest BCUT2D eigenvalue weighted by molar-refractivity contribution is 7.10. The lowest BCUT2D eigenvalue weighted by Gasteiger charge is -2.29. The Bertz CT molecular complexity index is 334. The highest BCUT2D eigenvalue weighted by Gasteiger charge is 2.16. The summed E-state index contributed by atoms with van der Waals surface area (Å²) in [5.41, 5.74) is 0. The minimum atomic E-state index is 0.819. The minimum absolute atomic E-state index is 0.819. The van der Waals surface area contributed by atoms with E-state index < -0.39 is 0 Å². The van der Waals surface area contributed by atoms with Crippen molar-refractivity contribution in [2.24, 2.45) is 5.92 Å². The maximum atomic E-state index is 5.96. The van der Waals surface area contributed by atoms with Crippen molar-refractivity contribution in [1.29, 1.82) is 0 Å². The Morgan fingerprint density at radius 1 is 1.59 bits per heavy atom. The van der Waals surface area contributed by atoms with Crippen LogP contribution in [0.15, 0.2) is 11.4 Å². The van der Waals surface area contributed by atoms with Gasteiger partial charge in [0.25, 0.3) is 0 Å². The largest absolute Gasteiger partial charge is 0.316 e. The van der Waals surface area contributed by atoms with E-state index in [2.05, 4.69) is 23.2 Å². The number of piperidine rings is 1. The fourth-order valence-corrected chi connectivity index (χ4v) is 3.52. The van der Waals surface area contributed by atoms with Gasteiger partial charge in [-0.25, -0.2) is 0 Å². The van der Waals surface area contributed by atoms with Crippen LogP contribution in [0, 0.1) is 5.92 Å². The molecule has 2 nitrogen and oxygen atoms in total. The third kappa shape index (κ3) is 4.25. The summed E-state index contributed by atoms with van der Waals surface area (Å²) in [5.74, 6) is 0.819. The fourth-order valence-electron chi connectivity index (χ4n) is 2.41. The van der Waals surface area contributed by atoms with Crippen LogP contribution in [-0.2, 0) is 6.54 Å². The summed E-state index contributed by atoms with van der Waals surface area (Å²) in [6.07, 6.45) is 2.70. The van der Waals surface area contributed by atoms with Gasteiger partial charge >= 0.3 is 0 Å². The zero-order chi connectivity index (χ0) is 12.1. The van der Waals surface area contributed by atoms with Crippen LogP contribution in [0.3, 0.4) is 0 Å². The van der Waals surface area contributed by atoms with Gasteiger partial charge in [-0.2, -0.15) is 0 Å². The average Bonchev–Trinajstić information content (AvgIpc) is 2.75. The summed E-state index contributed by atoms with van der Waals surface area (Å²) in [4.78, 5) is 3.90. The normalized spacial score (nSPS) is 21.0. The molecule has 0 bridgehead atoms. The van der Waals surface area contributed by atoms with E-state index in [0.717, 1.165) is 24.0 Å². The first-order valence-electron chi connectivity index (χ1n) is 6.44. The van der Waals surface area contributed by atoms with Gasteiger partial charge in [-0.1, -0.05) is 18.5 Å². The van der Waals surface area contributed by atoms with Crippen molar-refractivity contribution in [1.82, 2.24) is 10.2 Å². The van der Waals surface area contributed by atoms with E-state index in [1.807, 2.05) is 5.38 Å². The molecule has 1 unspecified atom stereocenters. The molecule has 1 saturated heterocycles. The highest BCUT2D eigenvalue weighted by Crippen LogP contribution is 2.21. The maximum Gasteiger partial charge on any atom is 0.0516 e. The van der Waals surface area contributed by atoms with Gasteiger partial charge in [-0.15, -0.1) is 11.3 Å². The Hall–Kier alpha value is -0.0900. The summed E-state index contributed by atoms with van der Waals surface area (Å²) in [5, 5.41) is 6.38. The predicted octanol–water partition coefficient (Wildman–Crippen LogP) is 3.22.